The molecule has 1 atom stereocenters. The lowest BCUT2D eigenvalue weighted by molar-refractivity contribution is -0.144. The fourth-order valence-electron chi connectivity index (χ4n) is 1.94. The fraction of sp³-hybridized carbons (Fsp3) is 0.429. The molecule has 1 aromatic carbocycles. The first-order chi connectivity index (χ1) is 10.4. The number of hydrogen-bond acceptors (Lipinski definition) is 5. The second kappa shape index (κ2) is 6.35. The minimum absolute atomic E-state index is 0.0425. The highest BCUT2D eigenvalue weighted by Crippen LogP contribution is 2.32. The normalized spacial score (nSPS) is 13.2. The van der Waals surface area contributed by atoms with Gasteiger partial charge in [0.2, 0.25) is 5.82 Å². The SMILES string of the molecule is CC[C@@H](CO)Nc1nc(C(F)(F)F)nc2cc(OC)ccc12. The van der Waals surface area contributed by atoms with Crippen LogP contribution in [0.3, 0.4) is 0 Å². The van der Waals surface area contributed by atoms with Gasteiger partial charge in [-0.05, 0) is 18.6 Å². The van der Waals surface area contributed by atoms with Crippen molar-refractivity contribution < 1.29 is 23.0 Å². The van der Waals surface area contributed by atoms with Crippen LogP contribution >= 0.6 is 0 Å². The average molecular weight is 315 g/mol. The van der Waals surface area contributed by atoms with E-state index in [-0.39, 0.29) is 24.0 Å². The third-order valence-electron chi connectivity index (χ3n) is 3.21. The van der Waals surface area contributed by atoms with Crippen LogP contribution in [0.5, 0.6) is 5.75 Å². The molecule has 120 valence electrons. The first kappa shape index (κ1) is 16.3. The molecule has 0 aliphatic rings. The molecule has 1 aromatic heterocycles. The minimum atomic E-state index is -4.66. The zero-order valence-corrected chi connectivity index (χ0v) is 12.1. The number of methoxy groups -OCH3 is 1. The lowest BCUT2D eigenvalue weighted by Crippen LogP contribution is -2.24. The van der Waals surface area contributed by atoms with Crippen LogP contribution in [0.4, 0.5) is 19.0 Å². The van der Waals surface area contributed by atoms with Crippen molar-refractivity contribution in [3.05, 3.63) is 24.0 Å². The molecule has 0 aliphatic heterocycles. The molecule has 1 heterocycles. The Kier molecular flexibility index (Phi) is 4.70. The maximum Gasteiger partial charge on any atom is 0.451 e. The third-order valence-corrected chi connectivity index (χ3v) is 3.21. The molecule has 8 heteroatoms. The number of benzene rings is 1. The van der Waals surface area contributed by atoms with Crippen LogP contribution in [-0.4, -0.2) is 34.8 Å². The van der Waals surface area contributed by atoms with Crippen molar-refractivity contribution in [3.8, 4) is 5.75 Å². The van der Waals surface area contributed by atoms with E-state index in [0.717, 1.165) is 0 Å². The smallest absolute Gasteiger partial charge is 0.451 e. The second-order valence-electron chi connectivity index (χ2n) is 4.71. The largest absolute Gasteiger partial charge is 0.497 e. The van der Waals surface area contributed by atoms with Gasteiger partial charge in [-0.2, -0.15) is 13.2 Å². The first-order valence-electron chi connectivity index (χ1n) is 6.69. The van der Waals surface area contributed by atoms with Gasteiger partial charge in [0.05, 0.1) is 25.3 Å². The number of nitrogens with zero attached hydrogens (tertiary/aromatic N) is 2. The van der Waals surface area contributed by atoms with E-state index in [1.165, 1.54) is 13.2 Å². The second-order valence-corrected chi connectivity index (χ2v) is 4.71. The summed E-state index contributed by atoms with van der Waals surface area (Å²) in [5.41, 5.74) is 0.122. The van der Waals surface area contributed by atoms with Crippen molar-refractivity contribution in [2.45, 2.75) is 25.6 Å². The van der Waals surface area contributed by atoms with Crippen molar-refractivity contribution in [1.29, 1.82) is 0 Å². The molecule has 0 fully saturated rings. The van der Waals surface area contributed by atoms with E-state index in [2.05, 4.69) is 15.3 Å². The molecule has 5 nitrogen and oxygen atoms in total. The summed E-state index contributed by atoms with van der Waals surface area (Å²) >= 11 is 0. The Morgan fingerprint density at radius 3 is 2.59 bits per heavy atom. The Hall–Kier alpha value is -2.09. The fourth-order valence-corrected chi connectivity index (χ4v) is 1.94. The van der Waals surface area contributed by atoms with Crippen LogP contribution in [0.15, 0.2) is 18.2 Å². The van der Waals surface area contributed by atoms with Gasteiger partial charge in [0.25, 0.3) is 0 Å². The first-order valence-corrected chi connectivity index (χ1v) is 6.69. The number of aromatic nitrogens is 2. The summed E-state index contributed by atoms with van der Waals surface area (Å²) in [6.07, 6.45) is -4.12. The lowest BCUT2D eigenvalue weighted by Gasteiger charge is -2.17. The van der Waals surface area contributed by atoms with Crippen molar-refractivity contribution in [1.82, 2.24) is 9.97 Å². The molecular formula is C14H16F3N3O2. The number of fused-ring (bicyclic) bond motifs is 1. The predicted molar refractivity (Wildman–Crippen MR) is 75.9 cm³/mol. The Morgan fingerprint density at radius 2 is 2.05 bits per heavy atom. The van der Waals surface area contributed by atoms with Gasteiger partial charge in [-0.25, -0.2) is 9.97 Å². The van der Waals surface area contributed by atoms with Crippen molar-refractivity contribution in [2.75, 3.05) is 19.0 Å². The Morgan fingerprint density at radius 1 is 1.32 bits per heavy atom. The molecule has 0 saturated carbocycles. The number of halogens is 3. The Bertz CT molecular complexity index is 658. The predicted octanol–water partition coefficient (Wildman–Crippen LogP) is 2.84. The summed E-state index contributed by atoms with van der Waals surface area (Å²) in [5.74, 6) is -0.788. The molecule has 0 aliphatic carbocycles. The van der Waals surface area contributed by atoms with Crippen LogP contribution in [0.2, 0.25) is 0 Å². The topological polar surface area (TPSA) is 67.3 Å². The van der Waals surface area contributed by atoms with Crippen LogP contribution in [-0.2, 0) is 6.18 Å². The van der Waals surface area contributed by atoms with Gasteiger partial charge in [-0.3, -0.25) is 0 Å². The van der Waals surface area contributed by atoms with Crippen molar-refractivity contribution in [3.63, 3.8) is 0 Å². The van der Waals surface area contributed by atoms with Gasteiger partial charge in [0.1, 0.15) is 11.6 Å². The van der Waals surface area contributed by atoms with E-state index >= 15 is 0 Å². The number of hydrogen-bond donors (Lipinski definition) is 2. The van der Waals surface area contributed by atoms with E-state index < -0.39 is 12.0 Å². The number of ether oxygens (including phenoxy) is 1. The molecule has 0 saturated heterocycles. The summed E-state index contributed by atoms with van der Waals surface area (Å²) in [6, 6.07) is 4.23. The van der Waals surface area contributed by atoms with E-state index in [0.29, 0.717) is 17.6 Å². The summed E-state index contributed by atoms with van der Waals surface area (Å²) in [4.78, 5) is 7.12. The molecule has 2 aromatic rings. The molecule has 0 unspecified atom stereocenters. The number of aliphatic hydroxyl groups is 1. The van der Waals surface area contributed by atoms with E-state index in [4.69, 9.17) is 4.74 Å². The van der Waals surface area contributed by atoms with E-state index in [1.807, 2.05) is 6.92 Å². The van der Waals surface area contributed by atoms with Crippen LogP contribution in [0, 0.1) is 0 Å². The highest BCUT2D eigenvalue weighted by atomic mass is 19.4. The summed E-state index contributed by atoms with van der Waals surface area (Å²) < 4.78 is 43.8. The molecular weight excluding hydrogens is 299 g/mol. The van der Waals surface area contributed by atoms with Crippen LogP contribution in [0.25, 0.3) is 10.9 Å². The minimum Gasteiger partial charge on any atom is -0.497 e. The standard InChI is InChI=1S/C14H16F3N3O2/c1-3-8(7-21)18-12-10-5-4-9(22-2)6-11(10)19-13(20-12)14(15,16)17/h4-6,8,21H,3,7H2,1-2H3,(H,18,19,20)/t8-/m0/s1. The van der Waals surface area contributed by atoms with E-state index in [9.17, 15) is 18.3 Å². The number of rotatable bonds is 5. The van der Waals surface area contributed by atoms with Gasteiger partial charge < -0.3 is 15.2 Å². The maximum absolute atomic E-state index is 12.9. The van der Waals surface area contributed by atoms with Gasteiger partial charge in [0, 0.05) is 11.5 Å². The summed E-state index contributed by atoms with van der Waals surface area (Å²) in [6.45, 7) is 1.60. The molecule has 2 N–H and O–H groups in total. The highest BCUT2D eigenvalue weighted by Gasteiger charge is 2.35. The number of anilines is 1. The summed E-state index contributed by atoms with van der Waals surface area (Å²) in [7, 11) is 1.42. The van der Waals surface area contributed by atoms with Crippen molar-refractivity contribution >= 4 is 16.7 Å². The summed E-state index contributed by atoms with van der Waals surface area (Å²) in [5, 5.41) is 12.5. The molecule has 0 spiro atoms. The highest BCUT2D eigenvalue weighted by molar-refractivity contribution is 5.90. The lowest BCUT2D eigenvalue weighted by atomic mass is 10.2. The Balaban J connectivity index is 2.60. The number of nitrogens with one attached hydrogen (secondary N) is 1. The van der Waals surface area contributed by atoms with Gasteiger partial charge in [-0.15, -0.1) is 0 Å². The molecule has 0 radical (unpaired) electrons. The molecule has 22 heavy (non-hydrogen) atoms. The quantitative estimate of drug-likeness (QED) is 0.888. The Labute approximate surface area is 125 Å². The molecule has 0 bridgehead atoms. The van der Waals surface area contributed by atoms with Crippen LogP contribution < -0.4 is 10.1 Å². The van der Waals surface area contributed by atoms with Gasteiger partial charge in [0.15, 0.2) is 0 Å². The molecule has 2 rings (SSSR count). The zero-order chi connectivity index (χ0) is 16.3. The maximum atomic E-state index is 12.9. The molecule has 0 amide bonds. The number of alkyl halides is 3. The average Bonchev–Trinajstić information content (AvgIpc) is 2.50. The third kappa shape index (κ3) is 3.38. The zero-order valence-electron chi connectivity index (χ0n) is 12.1. The van der Waals surface area contributed by atoms with Gasteiger partial charge in [-0.1, -0.05) is 6.92 Å². The van der Waals surface area contributed by atoms with E-state index in [1.54, 1.807) is 12.1 Å². The van der Waals surface area contributed by atoms with Gasteiger partial charge >= 0.3 is 6.18 Å². The van der Waals surface area contributed by atoms with Crippen molar-refractivity contribution in [2.24, 2.45) is 0 Å². The monoisotopic (exact) mass is 315 g/mol. The van der Waals surface area contributed by atoms with Crippen LogP contribution in [0.1, 0.15) is 19.2 Å². The number of aliphatic hydroxyl groups excluding tert-OH is 1.